The van der Waals surface area contributed by atoms with Crippen LogP contribution in [-0.4, -0.2) is 52.5 Å². The summed E-state index contributed by atoms with van der Waals surface area (Å²) >= 11 is 0. The van der Waals surface area contributed by atoms with Gasteiger partial charge in [0, 0.05) is 19.0 Å². The summed E-state index contributed by atoms with van der Waals surface area (Å²) in [5.74, 6) is -2.35. The molecule has 39 heavy (non-hydrogen) atoms. The second-order valence-corrected chi connectivity index (χ2v) is 9.98. The fraction of sp³-hybridized carbons (Fsp3) is 0.379. The SMILES string of the molecule is CCN1C[C@H](C(c2cccc(C)c2)c2cccc(F)c2)n2ncc(=O)c(OCOC(=O)C(N)C(C)C)c2C1=O. The molecule has 3 aromatic rings. The minimum Gasteiger partial charge on any atom is -0.451 e. The summed E-state index contributed by atoms with van der Waals surface area (Å²) in [6.07, 6.45) is 1.07. The molecule has 0 aliphatic carbocycles. The van der Waals surface area contributed by atoms with Crippen LogP contribution in [0.2, 0.25) is 0 Å². The molecule has 0 saturated carbocycles. The van der Waals surface area contributed by atoms with Crippen molar-refractivity contribution >= 4 is 11.9 Å². The van der Waals surface area contributed by atoms with Crippen LogP contribution < -0.4 is 15.9 Å². The van der Waals surface area contributed by atoms with Crippen molar-refractivity contribution in [3.05, 3.63) is 93.2 Å². The molecule has 2 N–H and O–H groups in total. The first-order valence-corrected chi connectivity index (χ1v) is 12.9. The molecule has 1 aromatic heterocycles. The highest BCUT2D eigenvalue weighted by molar-refractivity contribution is 5.96. The fourth-order valence-electron chi connectivity index (χ4n) is 4.81. The zero-order chi connectivity index (χ0) is 28.3. The molecular weight excluding hydrogens is 503 g/mol. The van der Waals surface area contributed by atoms with Crippen LogP contribution in [0.1, 0.15) is 59.9 Å². The van der Waals surface area contributed by atoms with E-state index in [0.717, 1.165) is 17.3 Å². The number of halogens is 1. The molecule has 1 amide bonds. The van der Waals surface area contributed by atoms with E-state index in [1.807, 2.05) is 44.2 Å². The Hall–Kier alpha value is -4.05. The van der Waals surface area contributed by atoms with Crippen LogP contribution in [-0.2, 0) is 9.53 Å². The number of nitrogens with two attached hydrogens (primary N) is 1. The number of fused-ring (bicyclic) bond motifs is 1. The largest absolute Gasteiger partial charge is 0.451 e. The van der Waals surface area contributed by atoms with E-state index in [0.29, 0.717) is 12.1 Å². The molecule has 2 heterocycles. The number of carbonyl (C=O) groups is 2. The molecule has 1 aliphatic rings. The number of aromatic nitrogens is 2. The Morgan fingerprint density at radius 2 is 1.85 bits per heavy atom. The quantitative estimate of drug-likeness (QED) is 0.329. The Labute approximate surface area is 226 Å². The van der Waals surface area contributed by atoms with Gasteiger partial charge >= 0.3 is 5.97 Å². The van der Waals surface area contributed by atoms with Crippen LogP contribution in [0.4, 0.5) is 4.39 Å². The van der Waals surface area contributed by atoms with Crippen LogP contribution in [0.3, 0.4) is 0 Å². The van der Waals surface area contributed by atoms with Gasteiger partial charge in [-0.1, -0.05) is 55.8 Å². The molecule has 9 nitrogen and oxygen atoms in total. The van der Waals surface area contributed by atoms with E-state index in [1.165, 1.54) is 16.8 Å². The summed E-state index contributed by atoms with van der Waals surface area (Å²) in [6, 6.07) is 12.8. The number of ether oxygens (including phenoxy) is 2. The summed E-state index contributed by atoms with van der Waals surface area (Å²) in [5, 5.41) is 4.35. The van der Waals surface area contributed by atoms with Crippen molar-refractivity contribution in [3.8, 4) is 5.75 Å². The maximum absolute atomic E-state index is 14.4. The van der Waals surface area contributed by atoms with Gasteiger partial charge < -0.3 is 20.1 Å². The monoisotopic (exact) mass is 536 g/mol. The third-order valence-corrected chi connectivity index (χ3v) is 6.95. The van der Waals surface area contributed by atoms with E-state index in [1.54, 1.807) is 24.8 Å². The molecule has 2 unspecified atom stereocenters. The minimum absolute atomic E-state index is 0.0566. The van der Waals surface area contributed by atoms with Crippen LogP contribution >= 0.6 is 0 Å². The van der Waals surface area contributed by atoms with Crippen molar-refractivity contribution in [1.82, 2.24) is 14.7 Å². The number of amides is 1. The highest BCUT2D eigenvalue weighted by Crippen LogP contribution is 2.39. The summed E-state index contributed by atoms with van der Waals surface area (Å²) < 4.78 is 26.6. The van der Waals surface area contributed by atoms with Gasteiger partial charge in [-0.2, -0.15) is 5.10 Å². The van der Waals surface area contributed by atoms with Gasteiger partial charge in [0.25, 0.3) is 5.91 Å². The topological polar surface area (TPSA) is 117 Å². The summed E-state index contributed by atoms with van der Waals surface area (Å²) in [5.41, 5.74) is 7.76. The first-order chi connectivity index (χ1) is 18.6. The van der Waals surface area contributed by atoms with E-state index in [2.05, 4.69) is 5.10 Å². The van der Waals surface area contributed by atoms with Crippen molar-refractivity contribution in [2.75, 3.05) is 19.9 Å². The second-order valence-electron chi connectivity index (χ2n) is 9.98. The number of hydrogen-bond acceptors (Lipinski definition) is 7. The first kappa shape index (κ1) is 28.0. The van der Waals surface area contributed by atoms with Gasteiger partial charge in [0.15, 0.2) is 5.69 Å². The Morgan fingerprint density at radius 3 is 2.49 bits per heavy atom. The van der Waals surface area contributed by atoms with Crippen LogP contribution in [0.5, 0.6) is 5.75 Å². The number of nitrogens with zero attached hydrogens (tertiary/aromatic N) is 3. The van der Waals surface area contributed by atoms with Crippen molar-refractivity contribution in [2.24, 2.45) is 11.7 Å². The maximum atomic E-state index is 14.4. The average molecular weight is 537 g/mol. The standard InChI is InChI=1S/C29H33FN4O5/c1-5-33-15-22(24(19-9-6-8-18(4)12-19)20-10-7-11-21(30)13-20)34-26(28(33)36)27(23(35)14-32-34)38-16-39-29(37)25(31)17(2)3/h6-14,17,22,24-25H,5,15-16,31H2,1-4H3/t22-,24?,25?/m1/s1. The van der Waals surface area contributed by atoms with Gasteiger partial charge in [-0.05, 0) is 43.0 Å². The highest BCUT2D eigenvalue weighted by atomic mass is 19.1. The van der Waals surface area contributed by atoms with Crippen LogP contribution in [0.15, 0.2) is 59.5 Å². The predicted octanol–water partition coefficient (Wildman–Crippen LogP) is 3.40. The van der Waals surface area contributed by atoms with Gasteiger partial charge in [0.1, 0.15) is 11.9 Å². The third kappa shape index (κ3) is 5.85. The van der Waals surface area contributed by atoms with E-state index < -0.39 is 42.1 Å². The van der Waals surface area contributed by atoms with E-state index in [4.69, 9.17) is 15.2 Å². The lowest BCUT2D eigenvalue weighted by Gasteiger charge is -2.39. The van der Waals surface area contributed by atoms with E-state index in [-0.39, 0.29) is 29.7 Å². The Balaban J connectivity index is 1.81. The zero-order valence-corrected chi connectivity index (χ0v) is 22.5. The average Bonchev–Trinajstić information content (AvgIpc) is 2.90. The van der Waals surface area contributed by atoms with Crippen molar-refractivity contribution in [1.29, 1.82) is 0 Å². The van der Waals surface area contributed by atoms with Crippen molar-refractivity contribution in [2.45, 2.75) is 45.7 Å². The molecule has 10 heteroatoms. The zero-order valence-electron chi connectivity index (χ0n) is 22.5. The fourth-order valence-corrected chi connectivity index (χ4v) is 4.81. The number of hydrogen-bond donors (Lipinski definition) is 1. The first-order valence-electron chi connectivity index (χ1n) is 12.9. The lowest BCUT2D eigenvalue weighted by atomic mass is 9.83. The lowest BCUT2D eigenvalue weighted by molar-refractivity contribution is -0.152. The van der Waals surface area contributed by atoms with Crippen LogP contribution in [0.25, 0.3) is 0 Å². The second kappa shape index (κ2) is 11.8. The number of likely N-dealkylation sites (N-methyl/N-ethyl adjacent to an activating group) is 1. The molecule has 0 spiro atoms. The molecule has 0 bridgehead atoms. The predicted molar refractivity (Wildman–Crippen MR) is 143 cm³/mol. The molecule has 0 radical (unpaired) electrons. The molecule has 2 aromatic carbocycles. The molecular formula is C29H33FN4O5. The van der Waals surface area contributed by atoms with Crippen LogP contribution in [0, 0.1) is 18.7 Å². The normalized spacial score (nSPS) is 16.5. The number of carbonyl (C=O) groups excluding carboxylic acids is 2. The smallest absolute Gasteiger partial charge is 0.326 e. The highest BCUT2D eigenvalue weighted by Gasteiger charge is 2.39. The van der Waals surface area contributed by atoms with Crippen molar-refractivity contribution < 1.29 is 23.5 Å². The number of rotatable bonds is 9. The Bertz CT molecular complexity index is 1380. The minimum atomic E-state index is -0.857. The van der Waals surface area contributed by atoms with Gasteiger partial charge in [0.2, 0.25) is 18.0 Å². The molecule has 3 atom stereocenters. The van der Waals surface area contributed by atoms with E-state index >= 15 is 0 Å². The summed E-state index contributed by atoms with van der Waals surface area (Å²) in [6.45, 7) is 7.39. The lowest BCUT2D eigenvalue weighted by Crippen LogP contribution is -2.47. The number of esters is 1. The Kier molecular flexibility index (Phi) is 8.44. The summed E-state index contributed by atoms with van der Waals surface area (Å²) in [7, 11) is 0. The summed E-state index contributed by atoms with van der Waals surface area (Å²) in [4.78, 5) is 40.2. The van der Waals surface area contributed by atoms with E-state index in [9.17, 15) is 18.8 Å². The molecule has 206 valence electrons. The third-order valence-electron chi connectivity index (χ3n) is 6.95. The van der Waals surface area contributed by atoms with Gasteiger partial charge in [0.05, 0.1) is 12.2 Å². The molecule has 1 aliphatic heterocycles. The Morgan fingerprint density at radius 1 is 1.15 bits per heavy atom. The molecule has 4 rings (SSSR count). The molecule has 0 saturated heterocycles. The maximum Gasteiger partial charge on any atom is 0.326 e. The van der Waals surface area contributed by atoms with Gasteiger partial charge in [-0.25, -0.2) is 4.39 Å². The van der Waals surface area contributed by atoms with Crippen molar-refractivity contribution in [3.63, 3.8) is 0 Å². The van der Waals surface area contributed by atoms with Gasteiger partial charge in [-0.15, -0.1) is 0 Å². The number of benzene rings is 2. The number of aryl methyl sites for hydroxylation is 1. The molecule has 0 fully saturated rings. The van der Waals surface area contributed by atoms with Gasteiger partial charge in [-0.3, -0.25) is 19.1 Å².